The summed E-state index contributed by atoms with van der Waals surface area (Å²) in [5, 5.41) is 9.90. The number of aromatic nitrogens is 1. The van der Waals surface area contributed by atoms with Gasteiger partial charge in [-0.05, 0) is 25.5 Å². The maximum Gasteiger partial charge on any atom is 0.195 e. The molecule has 1 aromatic carbocycles. The SMILES string of the molecule is CN=C(NCCCc1nc(C)cs1)Nc1cccc(OCCCOC)c1. The first-order valence-corrected chi connectivity index (χ1v) is 9.69. The molecule has 0 amide bonds. The van der Waals surface area contributed by atoms with Crippen molar-refractivity contribution in [2.75, 3.05) is 39.2 Å². The molecule has 0 aliphatic carbocycles. The fraction of sp³-hybridized carbons (Fsp3) is 0.474. The topological polar surface area (TPSA) is 67.8 Å². The lowest BCUT2D eigenvalue weighted by Gasteiger charge is -2.13. The van der Waals surface area contributed by atoms with Crippen LogP contribution in [0.15, 0.2) is 34.6 Å². The molecule has 0 aliphatic rings. The van der Waals surface area contributed by atoms with Gasteiger partial charge in [0.1, 0.15) is 5.75 Å². The summed E-state index contributed by atoms with van der Waals surface area (Å²) in [6, 6.07) is 7.88. The minimum atomic E-state index is 0.639. The molecule has 0 aliphatic heterocycles. The molecule has 2 rings (SSSR count). The van der Waals surface area contributed by atoms with Crippen molar-refractivity contribution in [3.05, 3.63) is 40.3 Å². The van der Waals surface area contributed by atoms with E-state index in [1.807, 2.05) is 31.2 Å². The summed E-state index contributed by atoms with van der Waals surface area (Å²) < 4.78 is 10.8. The Bertz CT molecular complexity index is 688. The van der Waals surface area contributed by atoms with Crippen LogP contribution in [-0.4, -0.2) is 44.9 Å². The van der Waals surface area contributed by atoms with Gasteiger partial charge in [-0.15, -0.1) is 11.3 Å². The number of aliphatic imine (C=N–C) groups is 1. The van der Waals surface area contributed by atoms with Gasteiger partial charge < -0.3 is 20.1 Å². The number of benzene rings is 1. The second kappa shape index (κ2) is 11.5. The van der Waals surface area contributed by atoms with Crippen molar-refractivity contribution in [3.8, 4) is 5.75 Å². The average Bonchev–Trinajstić information content (AvgIpc) is 3.07. The molecule has 1 heterocycles. The number of thiazole rings is 1. The third-order valence-electron chi connectivity index (χ3n) is 3.61. The summed E-state index contributed by atoms with van der Waals surface area (Å²) in [5.74, 6) is 1.58. The number of nitrogens with zero attached hydrogens (tertiary/aromatic N) is 2. The lowest BCUT2D eigenvalue weighted by atomic mass is 10.3. The van der Waals surface area contributed by atoms with Crippen LogP contribution in [0.25, 0.3) is 0 Å². The van der Waals surface area contributed by atoms with E-state index in [-0.39, 0.29) is 0 Å². The van der Waals surface area contributed by atoms with Gasteiger partial charge in [0.15, 0.2) is 5.96 Å². The molecule has 0 saturated carbocycles. The molecule has 2 N–H and O–H groups in total. The Hall–Kier alpha value is -2.12. The van der Waals surface area contributed by atoms with Crippen LogP contribution in [0.2, 0.25) is 0 Å². The molecule has 6 nitrogen and oxygen atoms in total. The number of nitrogens with one attached hydrogen (secondary N) is 2. The van der Waals surface area contributed by atoms with Crippen LogP contribution in [0, 0.1) is 6.92 Å². The van der Waals surface area contributed by atoms with E-state index in [1.54, 1.807) is 25.5 Å². The van der Waals surface area contributed by atoms with E-state index in [4.69, 9.17) is 9.47 Å². The normalized spacial score (nSPS) is 11.4. The quantitative estimate of drug-likeness (QED) is 0.377. The summed E-state index contributed by atoms with van der Waals surface area (Å²) in [6.07, 6.45) is 2.86. The van der Waals surface area contributed by atoms with Crippen molar-refractivity contribution in [3.63, 3.8) is 0 Å². The van der Waals surface area contributed by atoms with E-state index in [0.717, 1.165) is 48.9 Å². The number of anilines is 1. The third kappa shape index (κ3) is 7.41. The zero-order valence-corrected chi connectivity index (χ0v) is 16.6. The van der Waals surface area contributed by atoms with Crippen molar-refractivity contribution in [1.29, 1.82) is 0 Å². The van der Waals surface area contributed by atoms with E-state index < -0.39 is 0 Å². The minimum absolute atomic E-state index is 0.639. The number of ether oxygens (including phenoxy) is 2. The maximum atomic E-state index is 5.73. The van der Waals surface area contributed by atoms with Crippen molar-refractivity contribution < 1.29 is 9.47 Å². The first kappa shape index (κ1) is 20.2. The summed E-state index contributed by atoms with van der Waals surface area (Å²) in [5.41, 5.74) is 2.04. The molecule has 2 aromatic rings. The van der Waals surface area contributed by atoms with Crippen molar-refractivity contribution >= 4 is 23.0 Å². The number of rotatable bonds is 10. The number of aryl methyl sites for hydroxylation is 2. The van der Waals surface area contributed by atoms with Crippen LogP contribution in [0.4, 0.5) is 5.69 Å². The van der Waals surface area contributed by atoms with Crippen molar-refractivity contribution in [2.45, 2.75) is 26.2 Å². The Morgan fingerprint density at radius 1 is 1.27 bits per heavy atom. The van der Waals surface area contributed by atoms with Crippen LogP contribution in [0.5, 0.6) is 5.75 Å². The first-order valence-electron chi connectivity index (χ1n) is 8.81. The fourth-order valence-electron chi connectivity index (χ4n) is 2.34. The van der Waals surface area contributed by atoms with E-state index in [9.17, 15) is 0 Å². The number of methoxy groups -OCH3 is 1. The standard InChI is InChI=1S/C19H28N4O2S/c1-15-14-26-18(22-15)9-5-10-21-19(20-2)23-16-7-4-8-17(13-16)25-12-6-11-24-3/h4,7-8,13-14H,5-6,9-12H2,1-3H3,(H2,20,21,23). The van der Waals surface area contributed by atoms with Gasteiger partial charge in [0, 0.05) is 63.0 Å². The van der Waals surface area contributed by atoms with Gasteiger partial charge in [0.25, 0.3) is 0 Å². The zero-order valence-electron chi connectivity index (χ0n) is 15.7. The highest BCUT2D eigenvalue weighted by Crippen LogP contribution is 2.17. The van der Waals surface area contributed by atoms with Crippen LogP contribution in [0.1, 0.15) is 23.5 Å². The molecule has 1 aromatic heterocycles. The number of hydrogen-bond donors (Lipinski definition) is 2. The summed E-state index contributed by atoms with van der Waals surface area (Å²) >= 11 is 1.72. The van der Waals surface area contributed by atoms with Crippen LogP contribution in [0.3, 0.4) is 0 Å². The Morgan fingerprint density at radius 3 is 2.88 bits per heavy atom. The summed E-state index contributed by atoms with van der Waals surface area (Å²) in [6.45, 7) is 4.21. The second-order valence-corrected chi connectivity index (χ2v) is 6.78. The Balaban J connectivity index is 1.74. The summed E-state index contributed by atoms with van der Waals surface area (Å²) in [7, 11) is 3.46. The van der Waals surface area contributed by atoms with E-state index in [2.05, 4.69) is 26.0 Å². The van der Waals surface area contributed by atoms with E-state index >= 15 is 0 Å². The molecule has 142 valence electrons. The van der Waals surface area contributed by atoms with Gasteiger partial charge in [0.05, 0.1) is 11.6 Å². The predicted octanol–water partition coefficient (Wildman–Crippen LogP) is 3.49. The third-order valence-corrected chi connectivity index (χ3v) is 4.63. The zero-order chi connectivity index (χ0) is 18.6. The molecule has 0 spiro atoms. The monoisotopic (exact) mass is 376 g/mol. The largest absolute Gasteiger partial charge is 0.493 e. The minimum Gasteiger partial charge on any atom is -0.493 e. The molecule has 0 unspecified atom stereocenters. The van der Waals surface area contributed by atoms with E-state index in [0.29, 0.717) is 13.2 Å². The molecule has 0 saturated heterocycles. The molecule has 0 fully saturated rings. The predicted molar refractivity (Wildman–Crippen MR) is 109 cm³/mol. The summed E-state index contributed by atoms with van der Waals surface area (Å²) in [4.78, 5) is 8.76. The van der Waals surface area contributed by atoms with Gasteiger partial charge in [-0.25, -0.2) is 4.98 Å². The van der Waals surface area contributed by atoms with Gasteiger partial charge in [-0.2, -0.15) is 0 Å². The Labute approximate surface area is 159 Å². The van der Waals surface area contributed by atoms with Gasteiger partial charge in [-0.1, -0.05) is 6.07 Å². The van der Waals surface area contributed by atoms with E-state index in [1.165, 1.54) is 5.01 Å². The highest BCUT2D eigenvalue weighted by molar-refractivity contribution is 7.09. The van der Waals surface area contributed by atoms with Crippen molar-refractivity contribution in [1.82, 2.24) is 10.3 Å². The lowest BCUT2D eigenvalue weighted by Crippen LogP contribution is -2.31. The molecular formula is C19H28N4O2S. The lowest BCUT2D eigenvalue weighted by molar-refractivity contribution is 0.172. The van der Waals surface area contributed by atoms with Crippen LogP contribution < -0.4 is 15.4 Å². The molecule has 7 heteroatoms. The van der Waals surface area contributed by atoms with Gasteiger partial charge in [0.2, 0.25) is 0 Å². The molecule has 0 bridgehead atoms. The average molecular weight is 377 g/mol. The first-order chi connectivity index (χ1) is 12.7. The maximum absolute atomic E-state index is 5.73. The smallest absolute Gasteiger partial charge is 0.195 e. The second-order valence-electron chi connectivity index (χ2n) is 5.83. The highest BCUT2D eigenvalue weighted by atomic mass is 32.1. The van der Waals surface area contributed by atoms with Crippen molar-refractivity contribution in [2.24, 2.45) is 4.99 Å². The Morgan fingerprint density at radius 2 is 2.15 bits per heavy atom. The number of guanidine groups is 1. The molecule has 26 heavy (non-hydrogen) atoms. The number of hydrogen-bond acceptors (Lipinski definition) is 5. The molecule has 0 radical (unpaired) electrons. The molecular weight excluding hydrogens is 348 g/mol. The highest BCUT2D eigenvalue weighted by Gasteiger charge is 2.03. The fourth-order valence-corrected chi connectivity index (χ4v) is 3.15. The van der Waals surface area contributed by atoms with Gasteiger partial charge >= 0.3 is 0 Å². The van der Waals surface area contributed by atoms with Crippen LogP contribution in [-0.2, 0) is 11.2 Å². The Kier molecular flexibility index (Phi) is 8.92. The van der Waals surface area contributed by atoms with Gasteiger partial charge in [-0.3, -0.25) is 4.99 Å². The molecule has 0 atom stereocenters. The van der Waals surface area contributed by atoms with Crippen LogP contribution >= 0.6 is 11.3 Å².